The molecule has 0 spiro atoms. The Kier molecular flexibility index (Phi) is 8.56. The second-order valence-electron chi connectivity index (χ2n) is 11.6. The van der Waals surface area contributed by atoms with Crippen molar-refractivity contribution in [1.29, 1.82) is 0 Å². The van der Waals surface area contributed by atoms with Gasteiger partial charge in [0.1, 0.15) is 11.7 Å². The normalized spacial score (nSPS) is 29.5. The lowest BCUT2D eigenvalue weighted by molar-refractivity contribution is -0.864. The summed E-state index contributed by atoms with van der Waals surface area (Å²) in [6, 6.07) is 8.47. The van der Waals surface area contributed by atoms with Gasteiger partial charge in [0.25, 0.3) is 5.91 Å². The topological polar surface area (TPSA) is 107 Å². The average Bonchev–Trinajstić information content (AvgIpc) is 3.28. The molecule has 2 fully saturated rings. The van der Waals surface area contributed by atoms with Crippen molar-refractivity contribution < 1.29 is 28.1 Å². The van der Waals surface area contributed by atoms with Crippen LogP contribution in [0.25, 0.3) is 0 Å². The molecule has 3 heterocycles. The van der Waals surface area contributed by atoms with E-state index in [1.807, 2.05) is 44.2 Å². The molecule has 2 unspecified atom stereocenters. The van der Waals surface area contributed by atoms with Crippen LogP contribution in [-0.4, -0.2) is 69.5 Å². The zero-order valence-corrected chi connectivity index (χ0v) is 23.9. The van der Waals surface area contributed by atoms with E-state index in [-0.39, 0.29) is 53.8 Å². The molecule has 7 atom stereocenters. The minimum Gasteiger partial charge on any atom is -0.610 e. The third-order valence-corrected chi connectivity index (χ3v) is 9.02. The van der Waals surface area contributed by atoms with Crippen molar-refractivity contribution >= 4 is 24.3 Å². The van der Waals surface area contributed by atoms with Gasteiger partial charge < -0.3 is 19.0 Å². The molecular formula is C29H41BN4O5. The van der Waals surface area contributed by atoms with Gasteiger partial charge in [0.2, 0.25) is 0 Å². The molecule has 1 N–H and O–H groups in total. The summed E-state index contributed by atoms with van der Waals surface area (Å²) in [5.74, 6) is -0.943. The summed E-state index contributed by atoms with van der Waals surface area (Å²) in [5.41, 5.74) is 1.07. The first-order valence-corrected chi connectivity index (χ1v) is 14.1. The number of nitrogens with one attached hydrogen (secondary N) is 1. The SMILES string of the molecule is CC[N+]12[C@H](C)C(=O)O[B-]1([C@@H](CC(=O)[C@H](Cc1ccccc1)NC(=O)c1cnccn1)CC(C)C)O[C@@H](C)[C@H]2C. The zero-order valence-electron chi connectivity index (χ0n) is 23.9. The molecule has 2 aliphatic heterocycles. The lowest BCUT2D eigenvalue weighted by Crippen LogP contribution is -2.70. The van der Waals surface area contributed by atoms with Crippen molar-refractivity contribution in [3.05, 3.63) is 60.2 Å². The maximum Gasteiger partial charge on any atom is 0.532 e. The Balaban J connectivity index is 1.68. The Morgan fingerprint density at radius 2 is 1.85 bits per heavy atom. The molecule has 4 rings (SSSR count). The van der Waals surface area contributed by atoms with Crippen LogP contribution in [-0.2, 0) is 25.3 Å². The molecule has 39 heavy (non-hydrogen) atoms. The van der Waals surface area contributed by atoms with Crippen molar-refractivity contribution in [3.8, 4) is 0 Å². The van der Waals surface area contributed by atoms with Crippen LogP contribution in [0, 0.1) is 5.92 Å². The van der Waals surface area contributed by atoms with E-state index in [1.165, 1.54) is 18.6 Å². The zero-order chi connectivity index (χ0) is 28.4. The minimum atomic E-state index is -2.16. The van der Waals surface area contributed by atoms with Gasteiger partial charge in [-0.3, -0.25) is 14.6 Å². The number of nitrogens with zero attached hydrogens (tertiary/aromatic N) is 3. The molecule has 2 aromatic rings. The number of carbonyl (C=O) groups excluding carboxylic acids is 3. The highest BCUT2D eigenvalue weighted by atomic mass is 16.7. The van der Waals surface area contributed by atoms with E-state index in [1.54, 1.807) is 0 Å². The molecule has 0 bridgehead atoms. The number of ketones is 1. The number of fused-ring (bicyclic) bond motifs is 1. The molecule has 2 saturated heterocycles. The van der Waals surface area contributed by atoms with Crippen molar-refractivity contribution in [2.45, 2.75) is 90.9 Å². The molecule has 0 saturated carbocycles. The fourth-order valence-electron chi connectivity index (χ4n) is 7.07. The van der Waals surface area contributed by atoms with Gasteiger partial charge in [-0.2, -0.15) is 0 Å². The van der Waals surface area contributed by atoms with Crippen molar-refractivity contribution in [1.82, 2.24) is 15.3 Å². The lowest BCUT2D eigenvalue weighted by atomic mass is 9.50. The third kappa shape index (κ3) is 5.24. The first-order chi connectivity index (χ1) is 18.6. The van der Waals surface area contributed by atoms with Crippen LogP contribution < -0.4 is 5.32 Å². The fraction of sp³-hybridized carbons (Fsp3) is 0.552. The smallest absolute Gasteiger partial charge is 0.532 e. The number of rotatable bonds is 11. The maximum atomic E-state index is 14.1. The molecule has 1 amide bonds. The molecule has 0 radical (unpaired) electrons. The molecular weight excluding hydrogens is 495 g/mol. The molecule has 9 nitrogen and oxygen atoms in total. The Morgan fingerprint density at radius 3 is 2.46 bits per heavy atom. The third-order valence-electron chi connectivity index (χ3n) is 9.02. The van der Waals surface area contributed by atoms with Crippen molar-refractivity contribution in [2.24, 2.45) is 5.92 Å². The molecule has 210 valence electrons. The van der Waals surface area contributed by atoms with E-state index in [0.29, 0.717) is 23.8 Å². The monoisotopic (exact) mass is 536 g/mol. The summed E-state index contributed by atoms with van der Waals surface area (Å²) in [7, 11) is 0. The van der Waals surface area contributed by atoms with E-state index < -0.39 is 18.6 Å². The predicted molar refractivity (Wildman–Crippen MR) is 148 cm³/mol. The number of hydrogen-bond acceptors (Lipinski definition) is 7. The Hall–Kier alpha value is -3.11. The Labute approximate surface area is 231 Å². The van der Waals surface area contributed by atoms with E-state index in [9.17, 15) is 14.4 Å². The predicted octanol–water partition coefficient (Wildman–Crippen LogP) is 3.72. The van der Waals surface area contributed by atoms with Gasteiger partial charge in [0.15, 0.2) is 5.78 Å². The number of hydrogen-bond donors (Lipinski definition) is 1. The lowest BCUT2D eigenvalue weighted by Gasteiger charge is -2.53. The first kappa shape index (κ1) is 28.9. The maximum absolute atomic E-state index is 14.1. The fourth-order valence-corrected chi connectivity index (χ4v) is 7.07. The largest absolute Gasteiger partial charge is 0.610 e. The summed E-state index contributed by atoms with van der Waals surface area (Å²) in [6.45, 7) is 10.8. The van der Waals surface area contributed by atoms with E-state index in [2.05, 4.69) is 43.0 Å². The van der Waals surface area contributed by atoms with Gasteiger partial charge in [-0.1, -0.05) is 50.6 Å². The number of quaternary nitrogens is 1. The van der Waals surface area contributed by atoms with Crippen LogP contribution >= 0.6 is 0 Å². The van der Waals surface area contributed by atoms with Gasteiger partial charge in [0, 0.05) is 18.9 Å². The molecule has 10 heteroatoms. The Bertz CT molecular complexity index is 1180. The minimum absolute atomic E-state index is 0.0395. The number of amides is 1. The highest BCUT2D eigenvalue weighted by Crippen LogP contribution is 2.53. The summed E-state index contributed by atoms with van der Waals surface area (Å²) in [5, 5.41) is 2.91. The van der Waals surface area contributed by atoms with Crippen LogP contribution in [0.15, 0.2) is 48.9 Å². The second-order valence-corrected chi connectivity index (χ2v) is 11.6. The Morgan fingerprint density at radius 1 is 1.13 bits per heavy atom. The van der Waals surface area contributed by atoms with E-state index in [0.717, 1.165) is 5.56 Å². The van der Waals surface area contributed by atoms with Crippen LogP contribution in [0.2, 0.25) is 5.82 Å². The summed E-state index contributed by atoms with van der Waals surface area (Å²) >= 11 is 0. The van der Waals surface area contributed by atoms with Crippen LogP contribution in [0.3, 0.4) is 0 Å². The van der Waals surface area contributed by atoms with Gasteiger partial charge in [0.05, 0.1) is 24.4 Å². The average molecular weight is 536 g/mol. The second kappa shape index (κ2) is 11.6. The highest BCUT2D eigenvalue weighted by molar-refractivity contribution is 6.65. The van der Waals surface area contributed by atoms with Crippen LogP contribution in [0.1, 0.15) is 70.4 Å². The van der Waals surface area contributed by atoms with Crippen LogP contribution in [0.4, 0.5) is 0 Å². The molecule has 1 aromatic carbocycles. The van der Waals surface area contributed by atoms with Gasteiger partial charge in [-0.25, -0.2) is 9.78 Å². The first-order valence-electron chi connectivity index (χ1n) is 14.1. The summed E-state index contributed by atoms with van der Waals surface area (Å²) < 4.78 is 13.3. The number of carbonyl (C=O) groups is 3. The van der Waals surface area contributed by atoms with Gasteiger partial charge >= 0.3 is 12.7 Å². The molecule has 2 aliphatic rings. The van der Waals surface area contributed by atoms with E-state index >= 15 is 0 Å². The van der Waals surface area contributed by atoms with E-state index in [4.69, 9.17) is 9.31 Å². The molecule has 1 aromatic heterocycles. The number of benzene rings is 1. The summed E-state index contributed by atoms with van der Waals surface area (Å²) in [6.07, 6.45) is 5.30. The van der Waals surface area contributed by atoms with Crippen molar-refractivity contribution in [2.75, 3.05) is 6.54 Å². The van der Waals surface area contributed by atoms with Gasteiger partial charge in [-0.05, 0) is 57.8 Å². The molecule has 0 aliphatic carbocycles. The van der Waals surface area contributed by atoms with Gasteiger partial charge in [-0.15, -0.1) is 0 Å². The summed E-state index contributed by atoms with van der Waals surface area (Å²) in [4.78, 5) is 48.4. The number of likely N-dealkylation sites (N-methyl/N-ethyl adjacent to an activating group) is 1. The standard InChI is InChI=1S/C29H41BN4O5/c1-7-34-20(4)22(6)38-30(34,39-29(37)21(34)5)24(15-19(2)3)17-27(35)25(16-23-11-9-8-10-12-23)33-28(36)26-18-31-13-14-32-26/h8-14,18-22,24-25H,7,15-17H2,1-6H3,(H,33,36)/t20-,21-,22+,24-,25+,30?,34?/m1/s1. The van der Waals surface area contributed by atoms with Crippen LogP contribution in [0.5, 0.6) is 0 Å². The number of aromatic nitrogens is 2. The quantitative estimate of drug-likeness (QED) is 0.436. The van der Waals surface area contributed by atoms with Crippen molar-refractivity contribution in [3.63, 3.8) is 0 Å². The number of Topliss-reactive ketones (excluding diaryl/α,β-unsaturated/α-hetero) is 1. The highest BCUT2D eigenvalue weighted by Gasteiger charge is 2.72.